The van der Waals surface area contributed by atoms with Gasteiger partial charge in [0.2, 0.25) is 5.91 Å². The van der Waals surface area contributed by atoms with Crippen LogP contribution in [0.3, 0.4) is 0 Å². The van der Waals surface area contributed by atoms with E-state index >= 15 is 0 Å². The molecule has 0 aliphatic carbocycles. The fourth-order valence-electron chi connectivity index (χ4n) is 3.00. The molecule has 1 aromatic heterocycles. The Bertz CT molecular complexity index is 1070. The van der Waals surface area contributed by atoms with Crippen molar-refractivity contribution in [1.82, 2.24) is 14.8 Å². The normalized spacial score (nSPS) is 11.5. The predicted molar refractivity (Wildman–Crippen MR) is 125 cm³/mol. The molecule has 0 radical (unpaired) electrons. The first-order valence-corrected chi connectivity index (χ1v) is 10.9. The molecule has 168 valence electrons. The van der Waals surface area contributed by atoms with Crippen molar-refractivity contribution < 1.29 is 19.0 Å². The minimum absolute atomic E-state index is 0.156. The van der Waals surface area contributed by atoms with Crippen LogP contribution in [0.5, 0.6) is 17.2 Å². The zero-order valence-electron chi connectivity index (χ0n) is 18.3. The van der Waals surface area contributed by atoms with E-state index in [1.165, 1.54) is 11.8 Å². The van der Waals surface area contributed by atoms with Crippen molar-refractivity contribution in [2.24, 2.45) is 0 Å². The number of benzene rings is 2. The third-order valence-corrected chi connectivity index (χ3v) is 5.45. The van der Waals surface area contributed by atoms with Crippen molar-refractivity contribution in [2.75, 3.05) is 25.3 Å². The lowest BCUT2D eigenvalue weighted by molar-refractivity contribution is -0.113. The van der Waals surface area contributed by atoms with E-state index < -0.39 is 6.10 Å². The van der Waals surface area contributed by atoms with Crippen LogP contribution < -0.4 is 19.5 Å². The topological polar surface area (TPSA) is 87.5 Å². The number of rotatable bonds is 11. The number of anilines is 1. The summed E-state index contributed by atoms with van der Waals surface area (Å²) >= 11 is 1.29. The lowest BCUT2D eigenvalue weighted by Crippen LogP contribution is -2.15. The monoisotopic (exact) mass is 454 g/mol. The largest absolute Gasteiger partial charge is 0.497 e. The third kappa shape index (κ3) is 5.82. The Labute approximate surface area is 191 Å². The summed E-state index contributed by atoms with van der Waals surface area (Å²) in [5.41, 5.74) is 0.669. The van der Waals surface area contributed by atoms with Crippen LogP contribution in [0.2, 0.25) is 0 Å². The molecular weight excluding hydrogens is 428 g/mol. The average Bonchev–Trinajstić information content (AvgIpc) is 3.21. The fraction of sp³-hybridized carbons (Fsp3) is 0.261. The summed E-state index contributed by atoms with van der Waals surface area (Å²) in [4.78, 5) is 12.4. The Morgan fingerprint density at radius 3 is 2.66 bits per heavy atom. The van der Waals surface area contributed by atoms with Gasteiger partial charge in [-0.3, -0.25) is 9.36 Å². The molecule has 3 rings (SSSR count). The van der Waals surface area contributed by atoms with Gasteiger partial charge in [-0.1, -0.05) is 36.0 Å². The number of nitrogens with zero attached hydrogens (tertiary/aromatic N) is 3. The highest BCUT2D eigenvalue weighted by Gasteiger charge is 2.21. The lowest BCUT2D eigenvalue weighted by atomic mass is 10.3. The number of nitrogens with one attached hydrogen (secondary N) is 1. The van der Waals surface area contributed by atoms with E-state index in [0.29, 0.717) is 40.5 Å². The Morgan fingerprint density at radius 1 is 1.16 bits per heavy atom. The fourth-order valence-corrected chi connectivity index (χ4v) is 3.75. The average molecular weight is 455 g/mol. The molecule has 8 nitrogen and oxygen atoms in total. The molecule has 0 saturated heterocycles. The number of thioether (sulfide) groups is 1. The predicted octanol–water partition coefficient (Wildman–Crippen LogP) is 4.35. The van der Waals surface area contributed by atoms with Gasteiger partial charge < -0.3 is 19.5 Å². The molecular formula is C23H26N4O4S. The SMILES string of the molecule is C=CCn1c(SCC(=O)Nc2cccc(OC)c2)nnc1C(C)Oc1ccccc1OC. The molecule has 32 heavy (non-hydrogen) atoms. The number of ether oxygens (including phenoxy) is 3. The molecule has 0 saturated carbocycles. The molecule has 0 aliphatic heterocycles. The summed E-state index contributed by atoms with van der Waals surface area (Å²) in [6, 6.07) is 14.6. The van der Waals surface area contributed by atoms with Gasteiger partial charge in [0.15, 0.2) is 28.6 Å². The van der Waals surface area contributed by atoms with Gasteiger partial charge in [0.1, 0.15) is 5.75 Å². The first kappa shape index (κ1) is 23.2. The number of allylic oxidation sites excluding steroid dienone is 1. The number of hydrogen-bond acceptors (Lipinski definition) is 7. The molecule has 3 aromatic rings. The minimum Gasteiger partial charge on any atom is -0.497 e. The highest BCUT2D eigenvalue weighted by molar-refractivity contribution is 7.99. The maximum atomic E-state index is 12.4. The van der Waals surface area contributed by atoms with Gasteiger partial charge in [-0.25, -0.2) is 0 Å². The van der Waals surface area contributed by atoms with Crippen LogP contribution in [0.4, 0.5) is 5.69 Å². The van der Waals surface area contributed by atoms with Crippen LogP contribution in [0.15, 0.2) is 66.3 Å². The van der Waals surface area contributed by atoms with Gasteiger partial charge in [0.25, 0.3) is 0 Å². The molecule has 0 fully saturated rings. The van der Waals surface area contributed by atoms with Crippen molar-refractivity contribution in [1.29, 1.82) is 0 Å². The van der Waals surface area contributed by atoms with Crippen LogP contribution in [-0.2, 0) is 11.3 Å². The first-order chi connectivity index (χ1) is 15.5. The van der Waals surface area contributed by atoms with Crippen LogP contribution in [0, 0.1) is 0 Å². The summed E-state index contributed by atoms with van der Waals surface area (Å²) in [6.07, 6.45) is 1.36. The number of amides is 1. The van der Waals surface area contributed by atoms with Gasteiger partial charge >= 0.3 is 0 Å². The molecule has 0 bridgehead atoms. The second-order valence-corrected chi connectivity index (χ2v) is 7.66. The zero-order chi connectivity index (χ0) is 22.9. The Hall–Kier alpha value is -3.46. The second kappa shape index (κ2) is 11.2. The van der Waals surface area contributed by atoms with E-state index in [1.54, 1.807) is 32.4 Å². The number of para-hydroxylation sites is 2. The number of hydrogen-bond donors (Lipinski definition) is 1. The van der Waals surface area contributed by atoms with Crippen LogP contribution in [0.25, 0.3) is 0 Å². The number of carbonyl (C=O) groups excluding carboxylic acids is 1. The summed E-state index contributed by atoms with van der Waals surface area (Å²) < 4.78 is 18.5. The number of carbonyl (C=O) groups is 1. The standard InChI is InChI=1S/C23H26N4O4S/c1-5-13-27-22(16(2)31-20-12-7-6-11-19(20)30-4)25-26-23(27)32-15-21(28)24-17-9-8-10-18(14-17)29-3/h5-12,14,16H,1,13,15H2,2-4H3,(H,24,28). The van der Waals surface area contributed by atoms with E-state index in [1.807, 2.05) is 47.9 Å². The summed E-state index contributed by atoms with van der Waals surface area (Å²) in [5, 5.41) is 12.0. The van der Waals surface area contributed by atoms with E-state index in [0.717, 1.165) is 0 Å². The molecule has 0 spiro atoms. The molecule has 2 aromatic carbocycles. The van der Waals surface area contributed by atoms with E-state index in [4.69, 9.17) is 14.2 Å². The van der Waals surface area contributed by atoms with Crippen molar-refractivity contribution >= 4 is 23.4 Å². The Morgan fingerprint density at radius 2 is 1.94 bits per heavy atom. The van der Waals surface area contributed by atoms with Crippen molar-refractivity contribution in [2.45, 2.75) is 24.7 Å². The first-order valence-electron chi connectivity index (χ1n) is 9.96. The molecule has 1 amide bonds. The minimum atomic E-state index is -0.390. The van der Waals surface area contributed by atoms with E-state index in [2.05, 4.69) is 22.1 Å². The van der Waals surface area contributed by atoms with Crippen molar-refractivity contribution in [3.05, 3.63) is 67.0 Å². The molecule has 1 unspecified atom stereocenters. The quantitative estimate of drug-likeness (QED) is 0.340. The molecule has 1 N–H and O–H groups in total. The number of aromatic nitrogens is 3. The van der Waals surface area contributed by atoms with Gasteiger partial charge in [-0.2, -0.15) is 0 Å². The third-order valence-electron chi connectivity index (χ3n) is 4.48. The summed E-state index contributed by atoms with van der Waals surface area (Å²) in [7, 11) is 3.18. The molecule has 1 atom stereocenters. The molecule has 1 heterocycles. The van der Waals surface area contributed by atoms with E-state index in [-0.39, 0.29) is 11.7 Å². The summed E-state index contributed by atoms with van der Waals surface area (Å²) in [5.74, 6) is 2.58. The van der Waals surface area contributed by atoms with Crippen LogP contribution >= 0.6 is 11.8 Å². The Kier molecular flexibility index (Phi) is 8.15. The van der Waals surface area contributed by atoms with Gasteiger partial charge in [-0.05, 0) is 31.2 Å². The van der Waals surface area contributed by atoms with Crippen LogP contribution in [0.1, 0.15) is 18.9 Å². The second-order valence-electron chi connectivity index (χ2n) is 6.72. The number of methoxy groups -OCH3 is 2. The highest BCUT2D eigenvalue weighted by Crippen LogP contribution is 2.31. The smallest absolute Gasteiger partial charge is 0.234 e. The van der Waals surface area contributed by atoms with Gasteiger partial charge in [-0.15, -0.1) is 16.8 Å². The molecule has 9 heteroatoms. The van der Waals surface area contributed by atoms with Gasteiger partial charge in [0, 0.05) is 18.3 Å². The highest BCUT2D eigenvalue weighted by atomic mass is 32.2. The maximum Gasteiger partial charge on any atom is 0.234 e. The Balaban J connectivity index is 1.68. The van der Waals surface area contributed by atoms with Crippen molar-refractivity contribution in [3.63, 3.8) is 0 Å². The van der Waals surface area contributed by atoms with Gasteiger partial charge in [0.05, 0.1) is 20.0 Å². The van der Waals surface area contributed by atoms with Crippen LogP contribution in [-0.4, -0.2) is 40.6 Å². The van der Waals surface area contributed by atoms with E-state index in [9.17, 15) is 4.79 Å². The van der Waals surface area contributed by atoms with Crippen molar-refractivity contribution in [3.8, 4) is 17.2 Å². The zero-order valence-corrected chi connectivity index (χ0v) is 19.1. The maximum absolute atomic E-state index is 12.4. The molecule has 0 aliphatic rings. The lowest BCUT2D eigenvalue weighted by Gasteiger charge is -2.17. The summed E-state index contributed by atoms with van der Waals surface area (Å²) in [6.45, 7) is 6.20.